The highest BCUT2D eigenvalue weighted by atomic mass is 16.2. The van der Waals surface area contributed by atoms with Crippen LogP contribution in [0.4, 0.5) is 0 Å². The molecule has 16 heavy (non-hydrogen) atoms. The van der Waals surface area contributed by atoms with Gasteiger partial charge in [-0.3, -0.25) is 4.79 Å². The largest absolute Gasteiger partial charge is 0.336 e. The highest BCUT2D eigenvalue weighted by Gasteiger charge is 2.35. The summed E-state index contributed by atoms with van der Waals surface area (Å²) in [5.41, 5.74) is 0.0778. The number of nitrogens with zero attached hydrogens (tertiary/aromatic N) is 1. The van der Waals surface area contributed by atoms with Crippen molar-refractivity contribution in [3.05, 3.63) is 0 Å². The van der Waals surface area contributed by atoms with Gasteiger partial charge in [0.1, 0.15) is 0 Å². The van der Waals surface area contributed by atoms with Crippen LogP contribution in [0.2, 0.25) is 0 Å². The van der Waals surface area contributed by atoms with Crippen molar-refractivity contribution in [3.8, 4) is 0 Å². The molecule has 1 amide bonds. The zero-order chi connectivity index (χ0) is 11.6. The van der Waals surface area contributed by atoms with Gasteiger partial charge in [-0.25, -0.2) is 0 Å². The third-order valence-corrected chi connectivity index (χ3v) is 4.10. The number of amides is 1. The van der Waals surface area contributed by atoms with Crippen LogP contribution < -0.4 is 5.32 Å². The molecule has 2 aliphatic rings. The van der Waals surface area contributed by atoms with Crippen LogP contribution in [0.15, 0.2) is 0 Å². The molecule has 1 aliphatic heterocycles. The lowest BCUT2D eigenvalue weighted by Crippen LogP contribution is -2.47. The highest BCUT2D eigenvalue weighted by Crippen LogP contribution is 2.28. The summed E-state index contributed by atoms with van der Waals surface area (Å²) in [5.74, 6) is 0.286. The average Bonchev–Trinajstić information content (AvgIpc) is 2.83. The quantitative estimate of drug-likeness (QED) is 0.794. The molecule has 0 unspecified atom stereocenters. The molecular formula is C13H24N2O. The summed E-state index contributed by atoms with van der Waals surface area (Å²) >= 11 is 0. The van der Waals surface area contributed by atoms with Crippen LogP contribution >= 0.6 is 0 Å². The number of carbonyl (C=O) groups excluding carboxylic acids is 1. The van der Waals surface area contributed by atoms with Gasteiger partial charge in [0.25, 0.3) is 0 Å². The van der Waals surface area contributed by atoms with Crippen molar-refractivity contribution in [1.82, 2.24) is 10.2 Å². The molecule has 3 nitrogen and oxygen atoms in total. The molecule has 92 valence electrons. The molecule has 1 saturated heterocycles. The molecule has 1 N–H and O–H groups in total. The zero-order valence-electron chi connectivity index (χ0n) is 10.6. The molecule has 0 spiro atoms. The van der Waals surface area contributed by atoms with Gasteiger partial charge in [0, 0.05) is 18.1 Å². The SMILES string of the molecule is CC1(C)CCCN1C(=O)CNC1CCCC1. The molecule has 2 fully saturated rings. The van der Waals surface area contributed by atoms with Crippen molar-refractivity contribution in [2.45, 2.75) is 64.0 Å². The van der Waals surface area contributed by atoms with Crippen molar-refractivity contribution >= 4 is 5.91 Å². The predicted molar refractivity (Wildman–Crippen MR) is 65.3 cm³/mol. The number of carbonyl (C=O) groups is 1. The Labute approximate surface area is 98.6 Å². The molecule has 0 aromatic carbocycles. The van der Waals surface area contributed by atoms with E-state index in [9.17, 15) is 4.79 Å². The van der Waals surface area contributed by atoms with Gasteiger partial charge in [-0.2, -0.15) is 0 Å². The Morgan fingerprint density at radius 2 is 2.00 bits per heavy atom. The monoisotopic (exact) mass is 224 g/mol. The van der Waals surface area contributed by atoms with Crippen molar-refractivity contribution < 1.29 is 4.79 Å². The Morgan fingerprint density at radius 3 is 2.56 bits per heavy atom. The molecule has 0 radical (unpaired) electrons. The molecule has 0 aromatic rings. The summed E-state index contributed by atoms with van der Waals surface area (Å²) in [6.07, 6.45) is 7.43. The van der Waals surface area contributed by atoms with E-state index < -0.39 is 0 Å². The van der Waals surface area contributed by atoms with E-state index in [2.05, 4.69) is 24.1 Å². The zero-order valence-corrected chi connectivity index (χ0v) is 10.6. The summed E-state index contributed by atoms with van der Waals surface area (Å²) in [6.45, 7) is 5.83. The van der Waals surface area contributed by atoms with Crippen LogP contribution in [-0.4, -0.2) is 35.5 Å². The molecule has 2 rings (SSSR count). The second-order valence-corrected chi connectivity index (χ2v) is 5.82. The third kappa shape index (κ3) is 2.57. The topological polar surface area (TPSA) is 32.3 Å². The van der Waals surface area contributed by atoms with Gasteiger partial charge in [0.15, 0.2) is 0 Å². The van der Waals surface area contributed by atoms with Crippen LogP contribution in [0, 0.1) is 0 Å². The van der Waals surface area contributed by atoms with Crippen LogP contribution in [0.3, 0.4) is 0 Å². The minimum Gasteiger partial charge on any atom is -0.336 e. The average molecular weight is 224 g/mol. The summed E-state index contributed by atoms with van der Waals surface area (Å²) in [5, 5.41) is 3.40. The first-order chi connectivity index (χ1) is 7.59. The van der Waals surface area contributed by atoms with E-state index in [-0.39, 0.29) is 11.4 Å². The fraction of sp³-hybridized carbons (Fsp3) is 0.923. The minimum atomic E-state index is 0.0778. The Balaban J connectivity index is 1.79. The number of hydrogen-bond donors (Lipinski definition) is 1. The summed E-state index contributed by atoms with van der Waals surface area (Å²) in [6, 6.07) is 0.592. The normalized spacial score (nSPS) is 25.2. The van der Waals surface area contributed by atoms with Gasteiger partial charge in [-0.15, -0.1) is 0 Å². The first-order valence-electron chi connectivity index (χ1n) is 6.63. The first kappa shape index (κ1) is 11.9. The van der Waals surface area contributed by atoms with E-state index in [1.54, 1.807) is 0 Å². The van der Waals surface area contributed by atoms with Crippen molar-refractivity contribution in [1.29, 1.82) is 0 Å². The smallest absolute Gasteiger partial charge is 0.236 e. The summed E-state index contributed by atoms with van der Waals surface area (Å²) in [4.78, 5) is 14.1. The van der Waals surface area contributed by atoms with Crippen molar-refractivity contribution in [2.24, 2.45) is 0 Å². The van der Waals surface area contributed by atoms with Crippen LogP contribution in [-0.2, 0) is 4.79 Å². The number of rotatable bonds is 3. The van der Waals surface area contributed by atoms with Gasteiger partial charge in [-0.05, 0) is 39.5 Å². The molecule has 1 aliphatic carbocycles. The molecule has 0 bridgehead atoms. The highest BCUT2D eigenvalue weighted by molar-refractivity contribution is 5.79. The Hall–Kier alpha value is -0.570. The van der Waals surface area contributed by atoms with Crippen LogP contribution in [0.1, 0.15) is 52.4 Å². The fourth-order valence-corrected chi connectivity index (χ4v) is 3.03. The van der Waals surface area contributed by atoms with E-state index in [1.165, 1.54) is 25.7 Å². The second-order valence-electron chi connectivity index (χ2n) is 5.82. The van der Waals surface area contributed by atoms with Gasteiger partial charge in [0.2, 0.25) is 5.91 Å². The van der Waals surface area contributed by atoms with E-state index >= 15 is 0 Å². The summed E-state index contributed by atoms with van der Waals surface area (Å²) in [7, 11) is 0. The van der Waals surface area contributed by atoms with E-state index in [0.717, 1.165) is 19.4 Å². The Morgan fingerprint density at radius 1 is 1.31 bits per heavy atom. The van der Waals surface area contributed by atoms with E-state index in [1.807, 2.05) is 0 Å². The summed E-state index contributed by atoms with van der Waals surface area (Å²) < 4.78 is 0. The molecule has 0 atom stereocenters. The molecule has 0 aromatic heterocycles. The maximum Gasteiger partial charge on any atom is 0.236 e. The number of likely N-dealkylation sites (tertiary alicyclic amines) is 1. The van der Waals surface area contributed by atoms with Crippen LogP contribution in [0.25, 0.3) is 0 Å². The fourth-order valence-electron chi connectivity index (χ4n) is 3.03. The Kier molecular flexibility index (Phi) is 3.53. The predicted octanol–water partition coefficient (Wildman–Crippen LogP) is 1.92. The standard InChI is InChI=1S/C13H24N2O/c1-13(2)8-5-9-15(13)12(16)10-14-11-6-3-4-7-11/h11,14H,3-10H2,1-2H3. The lowest BCUT2D eigenvalue weighted by Gasteiger charge is -2.32. The molecule has 3 heteroatoms. The second kappa shape index (κ2) is 4.74. The Bertz CT molecular complexity index is 257. The molecular weight excluding hydrogens is 200 g/mol. The van der Waals surface area contributed by atoms with E-state index in [4.69, 9.17) is 0 Å². The molecule has 1 saturated carbocycles. The maximum atomic E-state index is 12.1. The number of nitrogens with one attached hydrogen (secondary N) is 1. The number of hydrogen-bond acceptors (Lipinski definition) is 2. The van der Waals surface area contributed by atoms with Gasteiger partial charge in [0.05, 0.1) is 6.54 Å². The first-order valence-corrected chi connectivity index (χ1v) is 6.63. The van der Waals surface area contributed by atoms with Gasteiger partial charge in [-0.1, -0.05) is 12.8 Å². The molecule has 1 heterocycles. The maximum absolute atomic E-state index is 12.1. The van der Waals surface area contributed by atoms with Gasteiger partial charge < -0.3 is 10.2 Å². The lowest BCUT2D eigenvalue weighted by atomic mass is 10.0. The third-order valence-electron chi connectivity index (χ3n) is 4.10. The lowest BCUT2D eigenvalue weighted by molar-refractivity contribution is -0.133. The minimum absolute atomic E-state index is 0.0778. The van der Waals surface area contributed by atoms with Crippen molar-refractivity contribution in [2.75, 3.05) is 13.1 Å². The van der Waals surface area contributed by atoms with E-state index in [0.29, 0.717) is 12.6 Å². The van der Waals surface area contributed by atoms with Crippen LogP contribution in [0.5, 0.6) is 0 Å². The van der Waals surface area contributed by atoms with Crippen molar-refractivity contribution in [3.63, 3.8) is 0 Å². The van der Waals surface area contributed by atoms with Gasteiger partial charge >= 0.3 is 0 Å².